The summed E-state index contributed by atoms with van der Waals surface area (Å²) in [6, 6.07) is 0.551. The molecule has 0 heterocycles. The molecule has 0 aromatic heterocycles. The van der Waals surface area contributed by atoms with Crippen LogP contribution < -0.4 is 5.73 Å². The van der Waals surface area contributed by atoms with E-state index in [0.717, 1.165) is 5.92 Å². The van der Waals surface area contributed by atoms with Gasteiger partial charge >= 0.3 is 0 Å². The molecule has 0 aliphatic heterocycles. The van der Waals surface area contributed by atoms with Crippen LogP contribution in [0.15, 0.2) is 0 Å². The molecule has 46 valence electrons. The van der Waals surface area contributed by atoms with E-state index >= 15 is 0 Å². The molecule has 0 aromatic carbocycles. The van der Waals surface area contributed by atoms with Crippen molar-refractivity contribution in [1.82, 2.24) is 0 Å². The van der Waals surface area contributed by atoms with Gasteiger partial charge in [0, 0.05) is 6.04 Å². The molecule has 0 aromatic rings. The smallest absolute Gasteiger partial charge is 0.0102 e. The summed E-state index contributed by atoms with van der Waals surface area (Å²) >= 11 is 0. The molecular weight excluding hydrogens is 98.1 g/mol. The number of rotatable bonds is 1. The first kappa shape index (κ1) is 4.80. The zero-order valence-electron chi connectivity index (χ0n) is 5.35. The Kier molecular flexibility index (Phi) is 0.663. The summed E-state index contributed by atoms with van der Waals surface area (Å²) < 4.78 is 0. The molecule has 2 aliphatic carbocycles. The summed E-state index contributed by atoms with van der Waals surface area (Å²) in [7, 11) is 0. The monoisotopic (exact) mass is 111 g/mol. The number of hydrogen-bond acceptors (Lipinski definition) is 1. The van der Waals surface area contributed by atoms with E-state index in [-0.39, 0.29) is 0 Å². The first-order valence-corrected chi connectivity index (χ1v) is 3.49. The maximum absolute atomic E-state index is 5.74. The van der Waals surface area contributed by atoms with Crippen LogP contribution in [-0.4, -0.2) is 6.04 Å². The zero-order chi connectivity index (χ0) is 5.78. The molecule has 0 unspecified atom stereocenters. The molecule has 0 bridgehead atoms. The Hall–Kier alpha value is -0.0400. The van der Waals surface area contributed by atoms with Gasteiger partial charge in [-0.25, -0.2) is 0 Å². The fraction of sp³-hybridized carbons (Fsp3) is 1.00. The van der Waals surface area contributed by atoms with Crippen LogP contribution in [0, 0.1) is 11.3 Å². The third kappa shape index (κ3) is 0.455. The Morgan fingerprint density at radius 3 is 2.12 bits per heavy atom. The fourth-order valence-corrected chi connectivity index (χ4v) is 1.63. The van der Waals surface area contributed by atoms with E-state index in [9.17, 15) is 0 Å². The van der Waals surface area contributed by atoms with Crippen LogP contribution in [0.2, 0.25) is 0 Å². The van der Waals surface area contributed by atoms with Crippen LogP contribution in [0.5, 0.6) is 0 Å². The van der Waals surface area contributed by atoms with Crippen molar-refractivity contribution >= 4 is 0 Å². The lowest BCUT2D eigenvalue weighted by atomic mass is 10.0. The second-order valence-corrected chi connectivity index (χ2v) is 3.59. The summed E-state index contributed by atoms with van der Waals surface area (Å²) in [5, 5.41) is 0. The Morgan fingerprint density at radius 1 is 1.50 bits per heavy atom. The summed E-state index contributed by atoms with van der Waals surface area (Å²) in [4.78, 5) is 0. The highest BCUT2D eigenvalue weighted by atomic mass is 14.8. The molecule has 1 nitrogen and oxygen atoms in total. The van der Waals surface area contributed by atoms with Crippen molar-refractivity contribution in [3.8, 4) is 0 Å². The molecule has 0 spiro atoms. The van der Waals surface area contributed by atoms with Crippen molar-refractivity contribution in [3.63, 3.8) is 0 Å². The van der Waals surface area contributed by atoms with E-state index in [2.05, 4.69) is 6.92 Å². The molecule has 8 heavy (non-hydrogen) atoms. The normalized spacial score (nSPS) is 54.0. The summed E-state index contributed by atoms with van der Waals surface area (Å²) in [5.41, 5.74) is 6.34. The third-order valence-corrected chi connectivity index (χ3v) is 2.86. The minimum Gasteiger partial charge on any atom is -0.327 e. The van der Waals surface area contributed by atoms with Crippen molar-refractivity contribution in [2.24, 2.45) is 17.1 Å². The van der Waals surface area contributed by atoms with Crippen LogP contribution in [0.4, 0.5) is 0 Å². The minimum absolute atomic E-state index is 0.551. The van der Waals surface area contributed by atoms with Crippen LogP contribution in [0.25, 0.3) is 0 Å². The van der Waals surface area contributed by atoms with Crippen LogP contribution in [0.1, 0.15) is 26.2 Å². The first-order valence-electron chi connectivity index (χ1n) is 3.49. The predicted molar refractivity (Wildman–Crippen MR) is 33.4 cm³/mol. The SMILES string of the molecule is C[C@]1(C2CC2)C[C@H]1N. The van der Waals surface area contributed by atoms with E-state index in [1.54, 1.807) is 0 Å². The highest BCUT2D eigenvalue weighted by Crippen LogP contribution is 2.59. The largest absolute Gasteiger partial charge is 0.327 e. The lowest BCUT2D eigenvalue weighted by Gasteiger charge is -2.03. The molecule has 2 saturated carbocycles. The van der Waals surface area contributed by atoms with Crippen LogP contribution in [0.3, 0.4) is 0 Å². The maximum Gasteiger partial charge on any atom is 0.0102 e. The van der Waals surface area contributed by atoms with Gasteiger partial charge in [0.05, 0.1) is 0 Å². The molecule has 2 fully saturated rings. The quantitative estimate of drug-likeness (QED) is 0.539. The average Bonchev–Trinajstić information content (AvgIpc) is 2.44. The molecule has 2 aliphatic rings. The van der Waals surface area contributed by atoms with Crippen molar-refractivity contribution < 1.29 is 0 Å². The third-order valence-electron chi connectivity index (χ3n) is 2.86. The molecule has 2 atom stereocenters. The average molecular weight is 111 g/mol. The molecular formula is C7H13N. The standard InChI is InChI=1S/C7H13N/c1-7(4-6(7)8)5-2-3-5/h5-6H,2-4,8H2,1H3/t6-,7-/m1/s1. The van der Waals surface area contributed by atoms with Gasteiger partial charge in [-0.3, -0.25) is 0 Å². The highest BCUT2D eigenvalue weighted by Gasteiger charge is 2.56. The van der Waals surface area contributed by atoms with Gasteiger partial charge in [-0.1, -0.05) is 6.92 Å². The topological polar surface area (TPSA) is 26.0 Å². The van der Waals surface area contributed by atoms with E-state index in [4.69, 9.17) is 5.73 Å². The van der Waals surface area contributed by atoms with Gasteiger partial charge < -0.3 is 5.73 Å². The lowest BCUT2D eigenvalue weighted by Crippen LogP contribution is -2.11. The van der Waals surface area contributed by atoms with E-state index in [1.807, 2.05) is 0 Å². The van der Waals surface area contributed by atoms with E-state index in [1.165, 1.54) is 19.3 Å². The van der Waals surface area contributed by atoms with Crippen LogP contribution >= 0.6 is 0 Å². The van der Waals surface area contributed by atoms with E-state index < -0.39 is 0 Å². The Morgan fingerprint density at radius 2 is 2.00 bits per heavy atom. The Bertz CT molecular complexity index is 118. The summed E-state index contributed by atoms with van der Waals surface area (Å²) in [6.07, 6.45) is 4.19. The zero-order valence-corrected chi connectivity index (χ0v) is 5.35. The second-order valence-electron chi connectivity index (χ2n) is 3.59. The van der Waals surface area contributed by atoms with Gasteiger partial charge in [0.15, 0.2) is 0 Å². The minimum atomic E-state index is 0.551. The van der Waals surface area contributed by atoms with Gasteiger partial charge in [-0.05, 0) is 30.6 Å². The highest BCUT2D eigenvalue weighted by molar-refractivity contribution is 5.10. The van der Waals surface area contributed by atoms with Gasteiger partial charge in [-0.2, -0.15) is 0 Å². The van der Waals surface area contributed by atoms with Crippen molar-refractivity contribution in [3.05, 3.63) is 0 Å². The summed E-state index contributed by atoms with van der Waals surface area (Å²) in [6.45, 7) is 2.33. The van der Waals surface area contributed by atoms with Crippen molar-refractivity contribution in [2.75, 3.05) is 0 Å². The van der Waals surface area contributed by atoms with Crippen molar-refractivity contribution in [1.29, 1.82) is 0 Å². The number of hydrogen-bond donors (Lipinski definition) is 1. The second kappa shape index (κ2) is 1.10. The van der Waals surface area contributed by atoms with Gasteiger partial charge in [0.25, 0.3) is 0 Å². The van der Waals surface area contributed by atoms with Crippen molar-refractivity contribution in [2.45, 2.75) is 32.2 Å². The summed E-state index contributed by atoms with van der Waals surface area (Å²) in [5.74, 6) is 1.01. The molecule has 1 heteroatoms. The molecule has 2 rings (SSSR count). The molecule has 2 N–H and O–H groups in total. The maximum atomic E-state index is 5.74. The Balaban J connectivity index is 2.04. The lowest BCUT2D eigenvalue weighted by molar-refractivity contribution is 0.471. The number of nitrogens with two attached hydrogens (primary N) is 1. The first-order chi connectivity index (χ1) is 3.73. The van der Waals surface area contributed by atoms with Crippen LogP contribution in [-0.2, 0) is 0 Å². The molecule has 0 saturated heterocycles. The van der Waals surface area contributed by atoms with E-state index in [0.29, 0.717) is 11.5 Å². The Labute approximate surface area is 50.3 Å². The van der Waals surface area contributed by atoms with Gasteiger partial charge in [-0.15, -0.1) is 0 Å². The predicted octanol–water partition coefficient (Wildman–Crippen LogP) is 1.13. The fourth-order valence-electron chi connectivity index (χ4n) is 1.63. The van der Waals surface area contributed by atoms with Gasteiger partial charge in [0.1, 0.15) is 0 Å². The van der Waals surface area contributed by atoms with Gasteiger partial charge in [0.2, 0.25) is 0 Å². The molecule has 0 radical (unpaired) electrons. The molecule has 0 amide bonds.